The zero-order chi connectivity index (χ0) is 15.7. The molecular formula is C14H27Cl2N3O3S. The summed E-state index contributed by atoms with van der Waals surface area (Å²) >= 11 is 1.57. The number of carbonyl (C=O) groups is 1. The van der Waals surface area contributed by atoms with Gasteiger partial charge in [-0.1, -0.05) is 0 Å². The van der Waals surface area contributed by atoms with E-state index in [0.29, 0.717) is 32.8 Å². The largest absolute Gasteiger partial charge is 0.383 e. The first-order valence-corrected chi connectivity index (χ1v) is 7.96. The summed E-state index contributed by atoms with van der Waals surface area (Å²) in [5, 5.41) is 5.97. The molecule has 0 aromatic carbocycles. The fraction of sp³-hybridized carbons (Fsp3) is 0.714. The zero-order valence-electron chi connectivity index (χ0n) is 14.0. The lowest BCUT2D eigenvalue weighted by Crippen LogP contribution is -2.36. The van der Waals surface area contributed by atoms with Gasteiger partial charge >= 0.3 is 0 Å². The van der Waals surface area contributed by atoms with Gasteiger partial charge in [-0.15, -0.1) is 36.2 Å². The molecule has 0 saturated carbocycles. The van der Waals surface area contributed by atoms with E-state index in [1.807, 2.05) is 19.2 Å². The van der Waals surface area contributed by atoms with E-state index in [-0.39, 0.29) is 36.8 Å². The molecule has 9 heteroatoms. The number of ether oxygens (including phenoxy) is 2. The number of hydrogen-bond donors (Lipinski definition) is 1. The number of nitrogens with zero attached hydrogens (tertiary/aromatic N) is 2. The predicted molar refractivity (Wildman–Crippen MR) is 97.9 cm³/mol. The van der Waals surface area contributed by atoms with Crippen LogP contribution in [-0.2, 0) is 20.8 Å². The van der Waals surface area contributed by atoms with Crippen molar-refractivity contribution in [3.8, 4) is 0 Å². The summed E-state index contributed by atoms with van der Waals surface area (Å²) in [4.78, 5) is 18.1. The molecule has 0 spiro atoms. The van der Waals surface area contributed by atoms with Gasteiger partial charge in [0.15, 0.2) is 0 Å². The van der Waals surface area contributed by atoms with E-state index in [2.05, 4.69) is 10.3 Å². The molecule has 0 aliphatic heterocycles. The Morgan fingerprint density at radius 3 is 2.78 bits per heavy atom. The van der Waals surface area contributed by atoms with Crippen LogP contribution in [0.2, 0.25) is 0 Å². The van der Waals surface area contributed by atoms with Gasteiger partial charge in [-0.05, 0) is 13.8 Å². The number of aromatic nitrogens is 1. The third-order valence-corrected chi connectivity index (χ3v) is 3.97. The van der Waals surface area contributed by atoms with Crippen molar-refractivity contribution in [1.82, 2.24) is 15.2 Å². The Morgan fingerprint density at radius 1 is 1.48 bits per heavy atom. The molecule has 1 heterocycles. The van der Waals surface area contributed by atoms with E-state index < -0.39 is 0 Å². The van der Waals surface area contributed by atoms with E-state index >= 15 is 0 Å². The molecular weight excluding hydrogens is 361 g/mol. The normalized spacial score (nSPS) is 11.3. The Hall–Kier alpha value is -0.440. The molecule has 0 saturated heterocycles. The second-order valence-corrected chi connectivity index (χ2v) is 5.58. The maximum absolute atomic E-state index is 11.9. The maximum atomic E-state index is 11.9. The van der Waals surface area contributed by atoms with Gasteiger partial charge in [0.05, 0.1) is 25.4 Å². The minimum atomic E-state index is 0. The third-order valence-electron chi connectivity index (χ3n) is 2.92. The number of thiazole rings is 1. The van der Waals surface area contributed by atoms with Crippen molar-refractivity contribution in [2.75, 3.05) is 40.5 Å². The third kappa shape index (κ3) is 9.44. The summed E-state index contributed by atoms with van der Waals surface area (Å²) in [5.41, 5.74) is 0.897. The summed E-state index contributed by atoms with van der Waals surface area (Å²) < 4.78 is 10.4. The summed E-state index contributed by atoms with van der Waals surface area (Å²) in [7, 11) is 3.42. The summed E-state index contributed by atoms with van der Waals surface area (Å²) in [6.07, 6.45) is 0.00506. The van der Waals surface area contributed by atoms with Crippen molar-refractivity contribution in [3.63, 3.8) is 0 Å². The van der Waals surface area contributed by atoms with Crippen molar-refractivity contribution >= 4 is 42.1 Å². The summed E-state index contributed by atoms with van der Waals surface area (Å²) in [5.74, 6) is 0.0403. The van der Waals surface area contributed by atoms with Gasteiger partial charge in [0, 0.05) is 32.7 Å². The van der Waals surface area contributed by atoms with Crippen LogP contribution in [0.4, 0.5) is 0 Å². The first kappa shape index (κ1) is 24.8. The van der Waals surface area contributed by atoms with Gasteiger partial charge in [-0.2, -0.15) is 0 Å². The Balaban J connectivity index is 0. The number of rotatable bonds is 10. The monoisotopic (exact) mass is 387 g/mol. The highest BCUT2D eigenvalue weighted by Crippen LogP contribution is 2.21. The molecule has 1 rings (SSSR count). The molecule has 1 N–H and O–H groups in total. The zero-order valence-corrected chi connectivity index (χ0v) is 16.5. The number of carbonyl (C=O) groups excluding carboxylic acids is 1. The minimum absolute atomic E-state index is 0. The quantitative estimate of drug-likeness (QED) is 0.623. The van der Waals surface area contributed by atoms with E-state index in [1.54, 1.807) is 30.4 Å². The molecule has 1 atom stereocenters. The smallest absolute Gasteiger partial charge is 0.236 e. The van der Waals surface area contributed by atoms with Crippen molar-refractivity contribution in [2.45, 2.75) is 26.5 Å². The molecule has 0 radical (unpaired) electrons. The lowest BCUT2D eigenvalue weighted by Gasteiger charge is -2.16. The number of hydrogen-bond acceptors (Lipinski definition) is 6. The molecule has 0 fully saturated rings. The second-order valence-electron chi connectivity index (χ2n) is 4.69. The number of amides is 1. The van der Waals surface area contributed by atoms with Crippen LogP contribution in [0.5, 0.6) is 0 Å². The second kappa shape index (κ2) is 13.9. The Morgan fingerprint density at radius 2 is 2.17 bits per heavy atom. The fourth-order valence-electron chi connectivity index (χ4n) is 1.74. The van der Waals surface area contributed by atoms with Crippen LogP contribution < -0.4 is 5.32 Å². The first-order valence-electron chi connectivity index (χ1n) is 7.08. The van der Waals surface area contributed by atoms with E-state index in [1.165, 1.54) is 0 Å². The Bertz CT molecular complexity index is 435. The van der Waals surface area contributed by atoms with Crippen molar-refractivity contribution in [1.29, 1.82) is 0 Å². The number of halogens is 2. The lowest BCUT2D eigenvalue weighted by atomic mass is 10.4. The predicted octanol–water partition coefficient (Wildman–Crippen LogP) is 2.28. The van der Waals surface area contributed by atoms with Gasteiger partial charge in [0.25, 0.3) is 0 Å². The van der Waals surface area contributed by atoms with Crippen molar-refractivity contribution in [3.05, 3.63) is 16.1 Å². The highest BCUT2D eigenvalue weighted by atomic mass is 35.5. The van der Waals surface area contributed by atoms with Crippen LogP contribution >= 0.6 is 36.2 Å². The fourth-order valence-corrected chi connectivity index (χ4v) is 2.55. The topological polar surface area (TPSA) is 63.7 Å². The highest BCUT2D eigenvalue weighted by molar-refractivity contribution is 7.09. The Kier molecular flexibility index (Phi) is 15.0. The van der Waals surface area contributed by atoms with E-state index in [4.69, 9.17) is 9.47 Å². The molecule has 0 aliphatic carbocycles. The van der Waals surface area contributed by atoms with Gasteiger partial charge in [-0.3, -0.25) is 4.79 Å². The van der Waals surface area contributed by atoms with Crippen LogP contribution in [-0.4, -0.2) is 56.3 Å². The van der Waals surface area contributed by atoms with E-state index in [0.717, 1.165) is 10.7 Å². The van der Waals surface area contributed by atoms with Gasteiger partial charge in [-0.25, -0.2) is 4.98 Å². The summed E-state index contributed by atoms with van der Waals surface area (Å²) in [6.45, 7) is 6.72. The highest BCUT2D eigenvalue weighted by Gasteiger charge is 2.13. The maximum Gasteiger partial charge on any atom is 0.236 e. The van der Waals surface area contributed by atoms with E-state index in [9.17, 15) is 4.79 Å². The van der Waals surface area contributed by atoms with Gasteiger partial charge in [0.2, 0.25) is 5.91 Å². The number of likely N-dealkylation sites (N-methyl/N-ethyl adjacent to an activating group) is 1. The van der Waals surface area contributed by atoms with Crippen molar-refractivity contribution in [2.24, 2.45) is 0 Å². The van der Waals surface area contributed by atoms with Gasteiger partial charge < -0.3 is 19.7 Å². The average Bonchev–Trinajstić information content (AvgIpc) is 2.92. The average molecular weight is 388 g/mol. The standard InChI is InChI=1S/C14H25N3O3S.2ClH/c1-5-20-11(2)14-16-12(10-21-14)9-17(3)13(18)8-15-6-7-19-4;;/h10-11,15H,5-9H2,1-4H3;2*1H. The van der Waals surface area contributed by atoms with Crippen LogP contribution in [0, 0.1) is 0 Å². The van der Waals surface area contributed by atoms with Gasteiger partial charge in [0.1, 0.15) is 11.1 Å². The molecule has 136 valence electrons. The summed E-state index contributed by atoms with van der Waals surface area (Å²) in [6, 6.07) is 0. The lowest BCUT2D eigenvalue weighted by molar-refractivity contribution is -0.129. The molecule has 23 heavy (non-hydrogen) atoms. The molecule has 1 aromatic heterocycles. The van der Waals surface area contributed by atoms with Crippen LogP contribution in [0.1, 0.15) is 30.7 Å². The number of nitrogens with one attached hydrogen (secondary N) is 1. The molecule has 6 nitrogen and oxygen atoms in total. The molecule has 1 aromatic rings. The Labute approximate surface area is 154 Å². The van der Waals surface area contributed by atoms with Crippen LogP contribution in [0.3, 0.4) is 0 Å². The molecule has 1 amide bonds. The molecule has 0 bridgehead atoms. The van der Waals surface area contributed by atoms with Crippen LogP contribution in [0.15, 0.2) is 5.38 Å². The molecule has 1 unspecified atom stereocenters. The molecule has 0 aliphatic rings. The van der Waals surface area contributed by atoms with Crippen molar-refractivity contribution < 1.29 is 14.3 Å². The SMILES string of the molecule is CCOC(C)c1nc(CN(C)C(=O)CNCCOC)cs1.Cl.Cl. The number of methoxy groups -OCH3 is 1. The van der Waals surface area contributed by atoms with Crippen LogP contribution in [0.25, 0.3) is 0 Å². The first-order chi connectivity index (χ1) is 10.1. The minimum Gasteiger partial charge on any atom is -0.383 e.